The summed E-state index contributed by atoms with van der Waals surface area (Å²) < 4.78 is 0. The fourth-order valence-electron chi connectivity index (χ4n) is 10.1. The first-order valence-corrected chi connectivity index (χ1v) is 31.7. The maximum atomic E-state index is 12.5. The number of aliphatic hydroxyl groups excluding tert-OH is 2. The van der Waals surface area contributed by atoms with E-state index in [2.05, 4.69) is 55.6 Å². The first-order valence-electron chi connectivity index (χ1n) is 31.7. The van der Waals surface area contributed by atoms with Gasteiger partial charge in [-0.3, -0.25) is 4.79 Å². The highest BCUT2D eigenvalue weighted by Gasteiger charge is 2.20. The third-order valence-corrected chi connectivity index (χ3v) is 14.9. The van der Waals surface area contributed by atoms with Crippen LogP contribution in [0.4, 0.5) is 0 Å². The van der Waals surface area contributed by atoms with E-state index in [1.165, 1.54) is 289 Å². The van der Waals surface area contributed by atoms with E-state index in [0.717, 1.165) is 38.5 Å². The predicted molar refractivity (Wildman–Crippen MR) is 308 cm³/mol. The van der Waals surface area contributed by atoms with E-state index in [1.807, 2.05) is 0 Å². The molecule has 0 aliphatic rings. The van der Waals surface area contributed by atoms with Gasteiger partial charge in [-0.05, 0) is 51.4 Å². The molecule has 0 aromatic carbocycles. The molecular formula is C65H125NO3. The van der Waals surface area contributed by atoms with E-state index in [0.29, 0.717) is 12.8 Å². The highest BCUT2D eigenvalue weighted by Crippen LogP contribution is 2.18. The number of unbranched alkanes of at least 4 members (excludes halogenated alkanes) is 46. The van der Waals surface area contributed by atoms with E-state index >= 15 is 0 Å². The Balaban J connectivity index is 3.42. The van der Waals surface area contributed by atoms with Crippen LogP contribution in [-0.2, 0) is 4.79 Å². The van der Waals surface area contributed by atoms with Crippen molar-refractivity contribution in [2.75, 3.05) is 6.61 Å². The summed E-state index contributed by atoms with van der Waals surface area (Å²) in [6.07, 6.45) is 83.1. The molecule has 408 valence electrons. The van der Waals surface area contributed by atoms with Crippen LogP contribution in [0.2, 0.25) is 0 Å². The third kappa shape index (κ3) is 57.4. The van der Waals surface area contributed by atoms with E-state index in [-0.39, 0.29) is 12.5 Å². The second-order valence-corrected chi connectivity index (χ2v) is 21.8. The molecule has 2 unspecified atom stereocenters. The van der Waals surface area contributed by atoms with Crippen LogP contribution in [0, 0.1) is 0 Å². The highest BCUT2D eigenvalue weighted by molar-refractivity contribution is 5.76. The number of rotatable bonds is 59. The number of hydrogen-bond acceptors (Lipinski definition) is 3. The summed E-state index contributed by atoms with van der Waals surface area (Å²) in [7, 11) is 0. The zero-order valence-electron chi connectivity index (χ0n) is 47.1. The molecule has 0 fully saturated rings. The molecule has 0 saturated carbocycles. The number of allylic oxidation sites excluding steroid dienone is 6. The van der Waals surface area contributed by atoms with Crippen molar-refractivity contribution in [3.63, 3.8) is 0 Å². The quantitative estimate of drug-likeness (QED) is 0.0420. The van der Waals surface area contributed by atoms with E-state index in [1.54, 1.807) is 0 Å². The Bertz CT molecular complexity index is 1050. The Morgan fingerprint density at radius 2 is 0.594 bits per heavy atom. The van der Waals surface area contributed by atoms with Crippen molar-refractivity contribution in [3.8, 4) is 0 Å². The van der Waals surface area contributed by atoms with Crippen molar-refractivity contribution < 1.29 is 15.0 Å². The largest absolute Gasteiger partial charge is 0.394 e. The van der Waals surface area contributed by atoms with Gasteiger partial charge < -0.3 is 15.5 Å². The van der Waals surface area contributed by atoms with Crippen molar-refractivity contribution in [1.29, 1.82) is 0 Å². The Morgan fingerprint density at radius 3 is 0.884 bits per heavy atom. The van der Waals surface area contributed by atoms with Crippen LogP contribution in [0.5, 0.6) is 0 Å². The van der Waals surface area contributed by atoms with E-state index in [9.17, 15) is 15.0 Å². The summed E-state index contributed by atoms with van der Waals surface area (Å²) in [5, 5.41) is 23.4. The predicted octanol–water partition coefficient (Wildman–Crippen LogP) is 21.2. The minimum Gasteiger partial charge on any atom is -0.394 e. The van der Waals surface area contributed by atoms with Gasteiger partial charge in [0.1, 0.15) is 0 Å². The normalized spacial score (nSPS) is 12.9. The topological polar surface area (TPSA) is 69.6 Å². The van der Waals surface area contributed by atoms with E-state index in [4.69, 9.17) is 0 Å². The lowest BCUT2D eigenvalue weighted by atomic mass is 10.0. The molecule has 0 rings (SSSR count). The zero-order chi connectivity index (χ0) is 49.9. The summed E-state index contributed by atoms with van der Waals surface area (Å²) in [5.41, 5.74) is 0. The van der Waals surface area contributed by atoms with Crippen LogP contribution in [0.1, 0.15) is 354 Å². The van der Waals surface area contributed by atoms with Crippen molar-refractivity contribution in [2.45, 2.75) is 366 Å². The van der Waals surface area contributed by atoms with Gasteiger partial charge in [-0.1, -0.05) is 333 Å². The lowest BCUT2D eigenvalue weighted by molar-refractivity contribution is -0.123. The number of carbonyl (C=O) groups excluding carboxylic acids is 1. The van der Waals surface area contributed by atoms with Crippen LogP contribution in [0.3, 0.4) is 0 Å². The molecule has 4 heteroatoms. The molecule has 3 N–H and O–H groups in total. The number of aliphatic hydroxyl groups is 2. The summed E-state index contributed by atoms with van der Waals surface area (Å²) in [4.78, 5) is 12.5. The average Bonchev–Trinajstić information content (AvgIpc) is 3.35. The Hall–Kier alpha value is -1.39. The fourth-order valence-corrected chi connectivity index (χ4v) is 10.1. The second-order valence-electron chi connectivity index (χ2n) is 21.8. The maximum Gasteiger partial charge on any atom is 0.220 e. The number of carbonyl (C=O) groups is 1. The van der Waals surface area contributed by atoms with Crippen molar-refractivity contribution in [1.82, 2.24) is 5.32 Å². The van der Waals surface area contributed by atoms with Crippen molar-refractivity contribution in [3.05, 3.63) is 36.5 Å². The Morgan fingerprint density at radius 1 is 0.348 bits per heavy atom. The van der Waals surface area contributed by atoms with Crippen molar-refractivity contribution >= 4 is 5.91 Å². The van der Waals surface area contributed by atoms with Crippen molar-refractivity contribution in [2.24, 2.45) is 0 Å². The molecule has 69 heavy (non-hydrogen) atoms. The molecule has 0 aromatic rings. The van der Waals surface area contributed by atoms with Gasteiger partial charge in [-0.15, -0.1) is 0 Å². The fraction of sp³-hybridized carbons (Fsp3) is 0.892. The van der Waals surface area contributed by atoms with Gasteiger partial charge in [-0.2, -0.15) is 0 Å². The minimum atomic E-state index is -0.663. The molecule has 4 nitrogen and oxygen atoms in total. The van der Waals surface area contributed by atoms with Gasteiger partial charge in [0.15, 0.2) is 0 Å². The second kappa shape index (κ2) is 60.9. The average molecular weight is 969 g/mol. The molecule has 0 heterocycles. The Kier molecular flexibility index (Phi) is 59.7. The minimum absolute atomic E-state index is 0.0306. The summed E-state index contributed by atoms with van der Waals surface area (Å²) in [6, 6.07) is -0.541. The molecule has 0 aromatic heterocycles. The van der Waals surface area contributed by atoms with Crippen LogP contribution in [0.15, 0.2) is 36.5 Å². The summed E-state index contributed by atoms with van der Waals surface area (Å²) in [5.74, 6) is -0.0306. The maximum absolute atomic E-state index is 12.5. The monoisotopic (exact) mass is 968 g/mol. The van der Waals surface area contributed by atoms with Crippen LogP contribution >= 0.6 is 0 Å². The summed E-state index contributed by atoms with van der Waals surface area (Å²) >= 11 is 0. The van der Waals surface area contributed by atoms with Crippen LogP contribution in [0.25, 0.3) is 0 Å². The molecule has 0 bridgehead atoms. The standard InChI is InChI=1S/C65H125NO3/c1-3-5-7-9-11-13-15-17-19-21-23-25-27-29-30-31-32-33-34-35-37-38-40-42-44-46-48-50-52-54-56-58-60-64(68)63(62-67)66-65(69)61-59-57-55-53-51-49-47-45-43-41-39-36-28-26-24-22-20-18-16-14-12-10-8-6-4-2/h16,18,22,24,28,36,63-64,67-68H,3-15,17,19-21,23,25-27,29-35,37-62H2,1-2H3,(H,66,69)/b18-16-,24-22-,36-28-. The first-order chi connectivity index (χ1) is 34.2. The first kappa shape index (κ1) is 67.6. The van der Waals surface area contributed by atoms with Crippen LogP contribution in [-0.4, -0.2) is 34.9 Å². The molecule has 1 amide bonds. The molecule has 0 aliphatic heterocycles. The molecule has 0 aliphatic carbocycles. The van der Waals surface area contributed by atoms with Gasteiger partial charge in [0.25, 0.3) is 0 Å². The lowest BCUT2D eigenvalue weighted by Crippen LogP contribution is -2.45. The number of hydrogen-bond donors (Lipinski definition) is 3. The SMILES string of the molecule is CCCCCCC/C=C\C/C=C\C/C=C\CCCCCCCCCCCCC(=O)NC(CO)C(O)CCCCCCCCCCCCCCCCCCCCCCCCCCCCCCCCCC. The molecule has 2 atom stereocenters. The third-order valence-electron chi connectivity index (χ3n) is 14.9. The van der Waals surface area contributed by atoms with E-state index < -0.39 is 12.1 Å². The molecule has 0 radical (unpaired) electrons. The number of amides is 1. The van der Waals surface area contributed by atoms with Crippen LogP contribution < -0.4 is 5.32 Å². The van der Waals surface area contributed by atoms with Gasteiger partial charge in [0.05, 0.1) is 18.8 Å². The Labute approximate surface area is 433 Å². The number of nitrogens with one attached hydrogen (secondary N) is 1. The molecule has 0 spiro atoms. The zero-order valence-corrected chi connectivity index (χ0v) is 47.1. The lowest BCUT2D eigenvalue weighted by Gasteiger charge is -2.22. The molecular weight excluding hydrogens is 843 g/mol. The smallest absolute Gasteiger partial charge is 0.220 e. The van der Waals surface area contributed by atoms with Gasteiger partial charge >= 0.3 is 0 Å². The van der Waals surface area contributed by atoms with Gasteiger partial charge in [0, 0.05) is 6.42 Å². The molecule has 0 saturated heterocycles. The van der Waals surface area contributed by atoms with Gasteiger partial charge in [-0.25, -0.2) is 0 Å². The highest BCUT2D eigenvalue weighted by atomic mass is 16.3. The summed E-state index contributed by atoms with van der Waals surface area (Å²) in [6.45, 7) is 4.38. The van der Waals surface area contributed by atoms with Gasteiger partial charge in [0.2, 0.25) is 5.91 Å².